The first-order valence-corrected chi connectivity index (χ1v) is 18.1. The summed E-state index contributed by atoms with van der Waals surface area (Å²) in [4.78, 5) is 2.39. The third-order valence-electron chi connectivity index (χ3n) is 11.4. The van der Waals surface area contributed by atoms with Gasteiger partial charge in [-0.1, -0.05) is 170 Å². The summed E-state index contributed by atoms with van der Waals surface area (Å²) < 4.78 is 0. The second kappa shape index (κ2) is 11.7. The molecule has 1 heteroatoms. The maximum absolute atomic E-state index is 2.41. The van der Waals surface area contributed by atoms with Crippen LogP contribution in [0.2, 0.25) is 0 Å². The third-order valence-corrected chi connectivity index (χ3v) is 11.4. The first-order valence-electron chi connectivity index (χ1n) is 18.1. The Morgan fingerprint density at radius 2 is 0.882 bits per heavy atom. The van der Waals surface area contributed by atoms with Crippen LogP contribution in [-0.4, -0.2) is 0 Å². The zero-order valence-corrected chi connectivity index (χ0v) is 28.4. The van der Waals surface area contributed by atoms with Gasteiger partial charge in [-0.2, -0.15) is 0 Å². The maximum Gasteiger partial charge on any atom is 0.0720 e. The van der Waals surface area contributed by atoms with Crippen LogP contribution >= 0.6 is 0 Å². The molecule has 0 fully saturated rings. The van der Waals surface area contributed by atoms with E-state index in [1.54, 1.807) is 0 Å². The molecule has 0 bridgehead atoms. The molecule has 7 aromatic carbocycles. The molecule has 0 amide bonds. The second-order valence-corrected chi connectivity index (χ2v) is 13.9. The number of fused-ring (bicyclic) bond motifs is 5. The first-order chi connectivity index (χ1) is 25.3. The van der Waals surface area contributed by atoms with Gasteiger partial charge in [0.2, 0.25) is 0 Å². The van der Waals surface area contributed by atoms with Crippen LogP contribution < -0.4 is 4.90 Å². The number of anilines is 2. The molecule has 0 spiro atoms. The van der Waals surface area contributed by atoms with Gasteiger partial charge in [-0.25, -0.2) is 0 Å². The lowest BCUT2D eigenvalue weighted by Gasteiger charge is -2.49. The monoisotopic (exact) mass is 651 g/mol. The van der Waals surface area contributed by atoms with Crippen LogP contribution in [0.4, 0.5) is 11.4 Å². The van der Waals surface area contributed by atoms with Crippen molar-refractivity contribution in [2.24, 2.45) is 0 Å². The fraction of sp³-hybridized carbons (Fsp3) is 0.0800. The van der Waals surface area contributed by atoms with Crippen molar-refractivity contribution < 1.29 is 0 Å². The molecule has 242 valence electrons. The summed E-state index contributed by atoms with van der Waals surface area (Å²) in [7, 11) is 0. The van der Waals surface area contributed by atoms with E-state index in [9.17, 15) is 0 Å². The summed E-state index contributed by atoms with van der Waals surface area (Å²) in [5.41, 5.74) is 15.8. The number of hydrogen-bond acceptors (Lipinski definition) is 1. The number of benzene rings is 7. The normalized spacial score (nSPS) is 19.4. The van der Waals surface area contributed by atoms with Crippen molar-refractivity contribution in [1.29, 1.82) is 0 Å². The second-order valence-electron chi connectivity index (χ2n) is 13.9. The van der Waals surface area contributed by atoms with E-state index >= 15 is 0 Å². The lowest BCUT2D eigenvalue weighted by molar-refractivity contribution is 0.626. The van der Waals surface area contributed by atoms with Crippen LogP contribution in [0.5, 0.6) is 0 Å². The highest BCUT2D eigenvalue weighted by Gasteiger charge is 2.57. The predicted molar refractivity (Wildman–Crippen MR) is 211 cm³/mol. The quantitative estimate of drug-likeness (QED) is 0.173. The Morgan fingerprint density at radius 3 is 1.55 bits per heavy atom. The van der Waals surface area contributed by atoms with E-state index in [1.807, 2.05) is 0 Å². The predicted octanol–water partition coefficient (Wildman–Crippen LogP) is 12.1. The van der Waals surface area contributed by atoms with Crippen LogP contribution in [0.15, 0.2) is 206 Å². The van der Waals surface area contributed by atoms with Crippen LogP contribution in [0.3, 0.4) is 0 Å². The van der Waals surface area contributed by atoms with Crippen molar-refractivity contribution in [2.45, 2.75) is 23.7 Å². The SMILES string of the molecule is C1=CC(N(c2ccccc2)c2ccc(C3(c4ccccc4)c4ccccc4C4(c5ccccc5)c5ccccc5-c5cccc3c54)cc2)=CCC1. The molecular weight excluding hydrogens is 615 g/mol. The van der Waals surface area contributed by atoms with Crippen molar-refractivity contribution in [1.82, 2.24) is 0 Å². The molecule has 7 aromatic rings. The molecule has 2 atom stereocenters. The van der Waals surface area contributed by atoms with Gasteiger partial charge in [0.1, 0.15) is 0 Å². The van der Waals surface area contributed by atoms with Gasteiger partial charge in [0.05, 0.1) is 10.8 Å². The van der Waals surface area contributed by atoms with Gasteiger partial charge in [0.15, 0.2) is 0 Å². The average molecular weight is 652 g/mol. The van der Waals surface area contributed by atoms with Gasteiger partial charge < -0.3 is 4.90 Å². The minimum absolute atomic E-state index is 0.442. The van der Waals surface area contributed by atoms with Crippen LogP contribution in [0.1, 0.15) is 57.3 Å². The van der Waals surface area contributed by atoms with E-state index in [0.717, 1.165) is 24.2 Å². The Morgan fingerprint density at radius 1 is 0.373 bits per heavy atom. The fourth-order valence-corrected chi connectivity index (χ4v) is 9.51. The summed E-state index contributed by atoms with van der Waals surface area (Å²) in [6, 6.07) is 68.0. The molecule has 1 nitrogen and oxygen atoms in total. The van der Waals surface area contributed by atoms with Crippen LogP contribution in [-0.2, 0) is 10.8 Å². The van der Waals surface area contributed by atoms with Crippen molar-refractivity contribution >= 4 is 11.4 Å². The van der Waals surface area contributed by atoms with Gasteiger partial charge in [-0.15, -0.1) is 0 Å². The highest BCUT2D eigenvalue weighted by atomic mass is 15.1. The molecule has 51 heavy (non-hydrogen) atoms. The van der Waals surface area contributed by atoms with Gasteiger partial charge >= 0.3 is 0 Å². The van der Waals surface area contributed by atoms with Gasteiger partial charge in [0, 0.05) is 17.1 Å². The number of rotatable bonds is 6. The Kier molecular flexibility index (Phi) is 6.82. The molecule has 0 aromatic heterocycles. The summed E-state index contributed by atoms with van der Waals surface area (Å²) in [6.07, 6.45) is 9.04. The maximum atomic E-state index is 2.41. The Labute approximate surface area is 300 Å². The lowest BCUT2D eigenvalue weighted by atomic mass is 9.52. The molecule has 0 heterocycles. The number of allylic oxidation sites excluding steroid dienone is 3. The topological polar surface area (TPSA) is 3.24 Å². The Balaban J connectivity index is 1.28. The van der Waals surface area contributed by atoms with E-state index in [0.29, 0.717) is 0 Å². The summed E-state index contributed by atoms with van der Waals surface area (Å²) >= 11 is 0. The number of nitrogens with zero attached hydrogens (tertiary/aromatic N) is 1. The molecule has 3 aliphatic rings. The van der Waals surface area contributed by atoms with Gasteiger partial charge in [-0.3, -0.25) is 0 Å². The molecule has 0 N–H and O–H groups in total. The summed E-state index contributed by atoms with van der Waals surface area (Å²) in [6.45, 7) is 0. The minimum Gasteiger partial charge on any atom is -0.311 e. The molecule has 0 saturated heterocycles. The van der Waals surface area contributed by atoms with E-state index in [4.69, 9.17) is 0 Å². The fourth-order valence-electron chi connectivity index (χ4n) is 9.51. The third kappa shape index (κ3) is 4.15. The van der Waals surface area contributed by atoms with Crippen molar-refractivity contribution in [3.63, 3.8) is 0 Å². The highest BCUT2D eigenvalue weighted by molar-refractivity contribution is 5.91. The summed E-state index contributed by atoms with van der Waals surface area (Å²) in [5, 5.41) is 0. The molecule has 0 saturated carbocycles. The van der Waals surface area contributed by atoms with Crippen molar-refractivity contribution in [3.8, 4) is 11.1 Å². The molecule has 0 aliphatic heterocycles. The molecule has 2 unspecified atom stereocenters. The van der Waals surface area contributed by atoms with E-state index in [2.05, 4.69) is 205 Å². The average Bonchev–Trinajstić information content (AvgIpc) is 3.52. The standard InChI is InChI=1S/C50H37N/c1-5-18-36(19-6-1)49(38-32-34-41(35-33-38)51(39-22-9-3-10-23-39)40-24-11-4-12-25-40)45-29-15-16-30-46(45)50(37-20-7-2-8-21-37)44-28-14-13-26-42(44)43-27-17-31-47(49)48(43)50/h1-3,5-11,13-35H,4,12H2. The largest absolute Gasteiger partial charge is 0.311 e. The van der Waals surface area contributed by atoms with Gasteiger partial charge in [0.25, 0.3) is 0 Å². The minimum atomic E-state index is -0.552. The molecule has 3 aliphatic carbocycles. The van der Waals surface area contributed by atoms with Crippen LogP contribution in [0.25, 0.3) is 11.1 Å². The zero-order chi connectivity index (χ0) is 33.8. The highest BCUT2D eigenvalue weighted by Crippen LogP contribution is 2.65. The van der Waals surface area contributed by atoms with E-state index < -0.39 is 10.8 Å². The summed E-state index contributed by atoms with van der Waals surface area (Å²) in [5.74, 6) is 0. The molecule has 0 radical (unpaired) electrons. The first kappa shape index (κ1) is 29.7. The number of para-hydroxylation sites is 1. The Bertz CT molecular complexity index is 2460. The number of hydrogen-bond donors (Lipinski definition) is 0. The van der Waals surface area contributed by atoms with Crippen molar-refractivity contribution in [2.75, 3.05) is 4.90 Å². The van der Waals surface area contributed by atoms with Crippen molar-refractivity contribution in [3.05, 3.63) is 250 Å². The van der Waals surface area contributed by atoms with Gasteiger partial charge in [-0.05, 0) is 98.8 Å². The molecular formula is C50H37N. The lowest BCUT2D eigenvalue weighted by Crippen LogP contribution is -2.44. The smallest absolute Gasteiger partial charge is 0.0720 e. The zero-order valence-electron chi connectivity index (χ0n) is 28.4. The Hall–Kier alpha value is -6.18. The van der Waals surface area contributed by atoms with Crippen LogP contribution in [0, 0.1) is 0 Å². The van der Waals surface area contributed by atoms with E-state index in [-0.39, 0.29) is 0 Å². The molecule has 10 rings (SSSR count). The van der Waals surface area contributed by atoms with E-state index in [1.165, 1.54) is 61.3 Å².